The molecular formula is C14H21Cl5N2O3. The summed E-state index contributed by atoms with van der Waals surface area (Å²) in [5.41, 5.74) is 10.9. The molecular weight excluding hydrogens is 421 g/mol. The van der Waals surface area contributed by atoms with Crippen molar-refractivity contribution in [2.45, 2.75) is 25.7 Å². The van der Waals surface area contributed by atoms with Crippen molar-refractivity contribution in [1.29, 1.82) is 0 Å². The summed E-state index contributed by atoms with van der Waals surface area (Å²) in [5, 5.41) is 16.7. The highest BCUT2D eigenvalue weighted by Crippen LogP contribution is 2.44. The Morgan fingerprint density at radius 1 is 0.792 bits per heavy atom. The van der Waals surface area contributed by atoms with Gasteiger partial charge in [-0.3, -0.25) is 4.79 Å². The van der Waals surface area contributed by atoms with Crippen molar-refractivity contribution in [3.05, 3.63) is 30.7 Å². The molecule has 0 saturated heterocycles. The molecule has 0 aromatic heterocycles. The number of rotatable bonds is 6. The third kappa shape index (κ3) is 10.1. The average molecular weight is 443 g/mol. The van der Waals surface area contributed by atoms with Crippen LogP contribution in [0.2, 0.25) is 25.1 Å². The van der Waals surface area contributed by atoms with E-state index in [0.29, 0.717) is 28.5 Å². The van der Waals surface area contributed by atoms with Crippen LogP contribution in [-0.4, -0.2) is 36.4 Å². The number of benzene rings is 1. The highest BCUT2D eigenvalue weighted by atomic mass is 35.5. The van der Waals surface area contributed by atoms with Crippen molar-refractivity contribution in [1.82, 2.24) is 0 Å². The molecule has 0 saturated carbocycles. The van der Waals surface area contributed by atoms with Crippen LogP contribution in [0, 0.1) is 0 Å². The second-order valence-electron chi connectivity index (χ2n) is 4.27. The molecule has 0 spiro atoms. The summed E-state index contributed by atoms with van der Waals surface area (Å²) in [5.74, 6) is 0. The Hall–Kier alpha value is 0.0200. The van der Waals surface area contributed by atoms with Crippen LogP contribution in [-0.2, 0) is 11.2 Å². The van der Waals surface area contributed by atoms with E-state index in [4.69, 9.17) is 84.5 Å². The van der Waals surface area contributed by atoms with Gasteiger partial charge in [-0.05, 0) is 44.3 Å². The number of unbranched alkanes of at least 4 members (excludes halogenated alkanes) is 1. The molecule has 0 unspecified atom stereocenters. The summed E-state index contributed by atoms with van der Waals surface area (Å²) >= 11 is 29.5. The van der Waals surface area contributed by atoms with E-state index in [9.17, 15) is 0 Å². The van der Waals surface area contributed by atoms with Crippen molar-refractivity contribution < 1.29 is 15.0 Å². The number of hydrogen-bond donors (Lipinski definition) is 4. The predicted octanol–water partition coefficient (Wildman–Crippen LogP) is 4.26. The van der Waals surface area contributed by atoms with Crippen LogP contribution in [0.5, 0.6) is 0 Å². The van der Waals surface area contributed by atoms with Gasteiger partial charge in [-0.1, -0.05) is 58.0 Å². The molecule has 0 aliphatic rings. The van der Waals surface area contributed by atoms with E-state index in [2.05, 4.69) is 0 Å². The highest BCUT2D eigenvalue weighted by Gasteiger charge is 2.18. The summed E-state index contributed by atoms with van der Waals surface area (Å²) in [6.07, 6.45) is 3.17. The maximum absolute atomic E-state index is 8.72. The van der Waals surface area contributed by atoms with E-state index in [1.807, 2.05) is 0 Å². The lowest BCUT2D eigenvalue weighted by atomic mass is 10.1. The maximum Gasteiger partial charge on any atom is 0.290 e. The molecule has 0 aliphatic heterocycles. The molecule has 0 atom stereocenters. The third-order valence-corrected chi connectivity index (χ3v) is 4.90. The lowest BCUT2D eigenvalue weighted by molar-refractivity contribution is -0.122. The standard InChI is InChI=1S/C9H7Cl5O.C4H12N2.CH2O2/c10-5-4(2-1-3-15)6(11)8(13)9(14)7(5)12;5-3-1-2-4-6;2-1-3/h15H,1-3H2;1-6H2;1H,(H,2,3). The molecule has 140 valence electrons. The number of aliphatic hydroxyl groups excluding tert-OH is 1. The molecule has 10 heteroatoms. The van der Waals surface area contributed by atoms with E-state index in [0.717, 1.165) is 25.9 Å². The number of hydrogen-bond acceptors (Lipinski definition) is 4. The molecule has 1 rings (SSSR count). The van der Waals surface area contributed by atoms with Crippen LogP contribution < -0.4 is 11.5 Å². The number of nitrogens with two attached hydrogens (primary N) is 2. The first-order valence-electron chi connectivity index (χ1n) is 6.93. The predicted molar refractivity (Wildman–Crippen MR) is 103 cm³/mol. The Balaban J connectivity index is 0. The fourth-order valence-electron chi connectivity index (χ4n) is 1.41. The van der Waals surface area contributed by atoms with Gasteiger partial charge >= 0.3 is 0 Å². The summed E-state index contributed by atoms with van der Waals surface area (Å²) in [6, 6.07) is 0. The largest absolute Gasteiger partial charge is 0.483 e. The molecule has 24 heavy (non-hydrogen) atoms. The minimum absolute atomic E-state index is 0.0462. The van der Waals surface area contributed by atoms with E-state index in [1.54, 1.807) is 0 Å². The molecule has 0 aliphatic carbocycles. The molecule has 0 amide bonds. The Kier molecular flexibility index (Phi) is 18.0. The maximum atomic E-state index is 8.72. The summed E-state index contributed by atoms with van der Waals surface area (Å²) in [4.78, 5) is 8.36. The van der Waals surface area contributed by atoms with Gasteiger partial charge < -0.3 is 21.7 Å². The Bertz CT molecular complexity index is 457. The zero-order chi connectivity index (χ0) is 19.1. The van der Waals surface area contributed by atoms with E-state index < -0.39 is 0 Å². The number of carbonyl (C=O) groups is 1. The lowest BCUT2D eigenvalue weighted by Gasteiger charge is -2.11. The van der Waals surface area contributed by atoms with Gasteiger partial charge in [0.2, 0.25) is 0 Å². The first-order valence-corrected chi connectivity index (χ1v) is 8.81. The molecule has 0 radical (unpaired) electrons. The van der Waals surface area contributed by atoms with Gasteiger partial charge in [-0.25, -0.2) is 0 Å². The Labute approximate surface area is 166 Å². The highest BCUT2D eigenvalue weighted by molar-refractivity contribution is 6.55. The fraction of sp³-hybridized carbons (Fsp3) is 0.500. The zero-order valence-corrected chi connectivity index (χ0v) is 16.7. The molecule has 0 fully saturated rings. The van der Waals surface area contributed by atoms with Crippen LogP contribution in [0.1, 0.15) is 24.8 Å². The van der Waals surface area contributed by atoms with Crippen molar-refractivity contribution >= 4 is 64.5 Å². The van der Waals surface area contributed by atoms with Gasteiger partial charge in [0, 0.05) is 6.61 Å². The zero-order valence-electron chi connectivity index (χ0n) is 12.9. The topological polar surface area (TPSA) is 110 Å². The van der Waals surface area contributed by atoms with Crippen LogP contribution >= 0.6 is 58.0 Å². The van der Waals surface area contributed by atoms with Gasteiger partial charge in [0.15, 0.2) is 0 Å². The molecule has 0 bridgehead atoms. The van der Waals surface area contributed by atoms with Gasteiger partial charge in [0.05, 0.1) is 25.1 Å². The summed E-state index contributed by atoms with van der Waals surface area (Å²) < 4.78 is 0. The molecule has 5 nitrogen and oxygen atoms in total. The molecule has 1 aromatic rings. The third-order valence-electron chi connectivity index (χ3n) is 2.54. The van der Waals surface area contributed by atoms with E-state index >= 15 is 0 Å². The molecule has 1 aromatic carbocycles. The number of halogens is 5. The quantitative estimate of drug-likeness (QED) is 0.228. The number of aliphatic hydroxyl groups is 1. The smallest absolute Gasteiger partial charge is 0.290 e. The normalized spacial score (nSPS) is 9.50. The first kappa shape index (κ1) is 26.3. The van der Waals surface area contributed by atoms with E-state index in [-0.39, 0.29) is 28.1 Å². The second kappa shape index (κ2) is 16.5. The van der Waals surface area contributed by atoms with Gasteiger partial charge in [0.1, 0.15) is 0 Å². The minimum atomic E-state index is -0.250. The first-order chi connectivity index (χ1) is 11.3. The second-order valence-corrected chi connectivity index (χ2v) is 6.16. The minimum Gasteiger partial charge on any atom is -0.483 e. The van der Waals surface area contributed by atoms with Crippen LogP contribution in [0.15, 0.2) is 0 Å². The van der Waals surface area contributed by atoms with E-state index in [1.165, 1.54) is 0 Å². The molecule has 6 N–H and O–H groups in total. The summed E-state index contributed by atoms with van der Waals surface area (Å²) in [6.45, 7) is 1.35. The summed E-state index contributed by atoms with van der Waals surface area (Å²) in [7, 11) is 0. The van der Waals surface area contributed by atoms with Crippen molar-refractivity contribution in [3.63, 3.8) is 0 Å². The van der Waals surface area contributed by atoms with Gasteiger partial charge in [-0.15, -0.1) is 0 Å². The van der Waals surface area contributed by atoms with Crippen molar-refractivity contribution in [3.8, 4) is 0 Å². The monoisotopic (exact) mass is 440 g/mol. The van der Waals surface area contributed by atoms with Crippen LogP contribution in [0.25, 0.3) is 0 Å². The Morgan fingerprint density at radius 2 is 1.12 bits per heavy atom. The average Bonchev–Trinajstić information content (AvgIpc) is 2.58. The molecule has 0 heterocycles. The van der Waals surface area contributed by atoms with Crippen molar-refractivity contribution in [2.75, 3.05) is 19.7 Å². The SMILES string of the molecule is NCCCCN.O=CO.OCCCc1c(Cl)c(Cl)c(Cl)c(Cl)c1Cl. The number of carboxylic acid groups (broad SMARTS) is 1. The van der Waals surface area contributed by atoms with Gasteiger partial charge in [-0.2, -0.15) is 0 Å². The van der Waals surface area contributed by atoms with Crippen LogP contribution in [0.3, 0.4) is 0 Å². The van der Waals surface area contributed by atoms with Crippen LogP contribution in [0.4, 0.5) is 0 Å². The lowest BCUT2D eigenvalue weighted by Crippen LogP contribution is -2.03. The van der Waals surface area contributed by atoms with Gasteiger partial charge in [0.25, 0.3) is 6.47 Å². The Morgan fingerprint density at radius 3 is 1.42 bits per heavy atom. The van der Waals surface area contributed by atoms with Crippen molar-refractivity contribution in [2.24, 2.45) is 11.5 Å². The fourth-order valence-corrected chi connectivity index (χ4v) is 2.78.